The predicted molar refractivity (Wildman–Crippen MR) is 87.5 cm³/mol. The Morgan fingerprint density at radius 2 is 1.96 bits per heavy atom. The molecule has 1 aliphatic carbocycles. The highest BCUT2D eigenvalue weighted by atomic mass is 32.2. The number of rotatable bonds is 4. The molecular formula is C16H22N2O6S. The molecule has 0 spiro atoms. The molecule has 2 aliphatic rings. The Bertz CT molecular complexity index is 784. The van der Waals surface area contributed by atoms with Crippen LogP contribution in [0.2, 0.25) is 0 Å². The number of aliphatic carboxylic acids is 1. The van der Waals surface area contributed by atoms with Crippen LogP contribution >= 0.6 is 0 Å². The molecule has 2 heterocycles. The zero-order valence-corrected chi connectivity index (χ0v) is 15.0. The van der Waals surface area contributed by atoms with E-state index in [4.69, 9.17) is 4.42 Å². The number of amides is 1. The minimum absolute atomic E-state index is 0.0675. The summed E-state index contributed by atoms with van der Waals surface area (Å²) in [5.41, 5.74) is 0.0675. The summed E-state index contributed by atoms with van der Waals surface area (Å²) >= 11 is 0. The summed E-state index contributed by atoms with van der Waals surface area (Å²) in [5, 5.41) is 9.19. The van der Waals surface area contributed by atoms with E-state index < -0.39 is 27.9 Å². The Morgan fingerprint density at radius 3 is 2.60 bits per heavy atom. The molecule has 25 heavy (non-hydrogen) atoms. The SMILES string of the molecule is CN(C)S(=O)(=O)c1cc(C(=O)N2C(C(=O)O)CC3CCCCC32)co1. The Labute approximate surface area is 146 Å². The molecule has 3 unspecified atom stereocenters. The second kappa shape index (κ2) is 6.45. The third-order valence-corrected chi connectivity index (χ3v) is 6.85. The fourth-order valence-electron chi connectivity index (χ4n) is 3.87. The van der Waals surface area contributed by atoms with Crippen molar-refractivity contribution >= 4 is 21.9 Å². The van der Waals surface area contributed by atoms with E-state index in [2.05, 4.69) is 0 Å². The standard InChI is InChI=1S/C16H22N2O6S/c1-17(2)25(22,23)14-8-11(9-24-14)15(19)18-12-6-4-3-5-10(12)7-13(18)16(20)21/h8-10,12-13H,3-7H2,1-2H3,(H,20,21). The van der Waals surface area contributed by atoms with Gasteiger partial charge in [0.2, 0.25) is 5.09 Å². The van der Waals surface area contributed by atoms with Gasteiger partial charge in [0.05, 0.1) is 5.56 Å². The summed E-state index contributed by atoms with van der Waals surface area (Å²) < 4.78 is 30.3. The molecule has 0 bridgehead atoms. The Balaban J connectivity index is 1.91. The van der Waals surface area contributed by atoms with Crippen molar-refractivity contribution in [2.45, 2.75) is 49.3 Å². The van der Waals surface area contributed by atoms with Crippen molar-refractivity contribution in [3.8, 4) is 0 Å². The van der Waals surface area contributed by atoms with Crippen molar-refractivity contribution < 1.29 is 27.5 Å². The highest BCUT2D eigenvalue weighted by molar-refractivity contribution is 7.88. The second-order valence-corrected chi connectivity index (χ2v) is 8.94. The van der Waals surface area contributed by atoms with Gasteiger partial charge in [0.15, 0.2) is 0 Å². The number of carbonyl (C=O) groups excluding carboxylic acids is 1. The fourth-order valence-corrected chi connectivity index (χ4v) is 4.67. The molecule has 1 N–H and O–H groups in total. The molecule has 0 radical (unpaired) electrons. The zero-order chi connectivity index (χ0) is 18.4. The molecule has 0 aromatic carbocycles. The minimum Gasteiger partial charge on any atom is -0.480 e. The number of carboxylic acids is 1. The van der Waals surface area contributed by atoms with Crippen LogP contribution in [0.3, 0.4) is 0 Å². The first-order valence-electron chi connectivity index (χ1n) is 8.30. The van der Waals surface area contributed by atoms with Crippen molar-refractivity contribution in [3.63, 3.8) is 0 Å². The van der Waals surface area contributed by atoms with Crippen molar-refractivity contribution in [2.75, 3.05) is 14.1 Å². The normalized spacial score (nSPS) is 26.7. The van der Waals surface area contributed by atoms with Crippen LogP contribution in [0.15, 0.2) is 21.8 Å². The lowest BCUT2D eigenvalue weighted by atomic mass is 9.84. The Hall–Kier alpha value is -1.87. The number of furan rings is 1. The topological polar surface area (TPSA) is 108 Å². The zero-order valence-electron chi connectivity index (χ0n) is 14.2. The monoisotopic (exact) mass is 370 g/mol. The van der Waals surface area contributed by atoms with Gasteiger partial charge in [-0.3, -0.25) is 4.79 Å². The number of fused-ring (bicyclic) bond motifs is 1. The summed E-state index contributed by atoms with van der Waals surface area (Å²) in [7, 11) is -1.05. The first kappa shape index (κ1) is 17.9. The summed E-state index contributed by atoms with van der Waals surface area (Å²) in [4.78, 5) is 26.0. The van der Waals surface area contributed by atoms with E-state index in [1.807, 2.05) is 0 Å². The molecule has 1 saturated carbocycles. The van der Waals surface area contributed by atoms with Crippen LogP contribution in [0.4, 0.5) is 0 Å². The number of nitrogens with zero attached hydrogens (tertiary/aromatic N) is 2. The molecule has 2 fully saturated rings. The van der Waals surface area contributed by atoms with Gasteiger partial charge in [-0.1, -0.05) is 12.8 Å². The molecule has 3 atom stereocenters. The molecule has 3 rings (SSSR count). The number of hydrogen-bond donors (Lipinski definition) is 1. The van der Waals surface area contributed by atoms with Crippen LogP contribution in [0.1, 0.15) is 42.5 Å². The number of carboxylic acid groups (broad SMARTS) is 1. The highest BCUT2D eigenvalue weighted by Gasteiger charge is 2.48. The first-order chi connectivity index (χ1) is 11.7. The molecule has 1 saturated heterocycles. The Kier molecular flexibility index (Phi) is 4.63. The van der Waals surface area contributed by atoms with E-state index in [0.29, 0.717) is 6.42 Å². The molecule has 138 valence electrons. The lowest BCUT2D eigenvalue weighted by Crippen LogP contribution is -2.46. The van der Waals surface area contributed by atoms with Crippen LogP contribution in [-0.4, -0.2) is 60.8 Å². The van der Waals surface area contributed by atoms with Gasteiger partial charge in [-0.2, -0.15) is 0 Å². The quantitative estimate of drug-likeness (QED) is 0.858. The van der Waals surface area contributed by atoms with Crippen molar-refractivity contribution in [1.82, 2.24) is 9.21 Å². The number of likely N-dealkylation sites (tertiary alicyclic amines) is 1. The number of sulfonamides is 1. The summed E-state index contributed by atoms with van der Waals surface area (Å²) in [5.74, 6) is -1.31. The average molecular weight is 370 g/mol. The van der Waals surface area contributed by atoms with Crippen molar-refractivity contribution in [2.24, 2.45) is 5.92 Å². The lowest BCUT2D eigenvalue weighted by Gasteiger charge is -2.32. The number of carbonyl (C=O) groups is 2. The van der Waals surface area contributed by atoms with Crippen LogP contribution in [-0.2, 0) is 14.8 Å². The summed E-state index contributed by atoms with van der Waals surface area (Å²) in [6, 6.07) is 0.197. The van der Waals surface area contributed by atoms with Gasteiger partial charge in [-0.05, 0) is 25.2 Å². The molecule has 1 aromatic rings. The third-order valence-electron chi connectivity index (χ3n) is 5.16. The fraction of sp³-hybridized carbons (Fsp3) is 0.625. The van der Waals surface area contributed by atoms with Gasteiger partial charge in [-0.15, -0.1) is 0 Å². The third kappa shape index (κ3) is 3.06. The molecular weight excluding hydrogens is 348 g/mol. The van der Waals surface area contributed by atoms with Crippen LogP contribution in [0, 0.1) is 5.92 Å². The molecule has 8 nitrogen and oxygen atoms in total. The molecule has 9 heteroatoms. The van der Waals surface area contributed by atoms with E-state index in [1.165, 1.54) is 25.1 Å². The van der Waals surface area contributed by atoms with Crippen molar-refractivity contribution in [3.05, 3.63) is 17.9 Å². The van der Waals surface area contributed by atoms with Gasteiger partial charge >= 0.3 is 5.97 Å². The van der Waals surface area contributed by atoms with Crippen LogP contribution in [0.5, 0.6) is 0 Å². The van der Waals surface area contributed by atoms with Gasteiger partial charge in [0.25, 0.3) is 15.9 Å². The molecule has 1 aromatic heterocycles. The van der Waals surface area contributed by atoms with Crippen LogP contribution in [0.25, 0.3) is 0 Å². The first-order valence-corrected chi connectivity index (χ1v) is 9.74. The summed E-state index contributed by atoms with van der Waals surface area (Å²) in [6.07, 6.45) is 5.25. The predicted octanol–water partition coefficient (Wildman–Crippen LogP) is 1.39. The van der Waals surface area contributed by atoms with E-state index in [-0.39, 0.29) is 22.6 Å². The highest BCUT2D eigenvalue weighted by Crippen LogP contribution is 2.40. The van der Waals surface area contributed by atoms with Gasteiger partial charge in [0, 0.05) is 26.2 Å². The largest absolute Gasteiger partial charge is 0.480 e. The lowest BCUT2D eigenvalue weighted by molar-refractivity contribution is -0.141. The molecule has 1 aliphatic heterocycles. The smallest absolute Gasteiger partial charge is 0.326 e. The molecule has 1 amide bonds. The van der Waals surface area contributed by atoms with Crippen molar-refractivity contribution in [1.29, 1.82) is 0 Å². The van der Waals surface area contributed by atoms with Crippen LogP contribution < -0.4 is 0 Å². The van der Waals surface area contributed by atoms with Gasteiger partial charge in [-0.25, -0.2) is 17.5 Å². The van der Waals surface area contributed by atoms with Gasteiger partial charge < -0.3 is 14.4 Å². The van der Waals surface area contributed by atoms with Gasteiger partial charge in [0.1, 0.15) is 12.3 Å². The number of hydrogen-bond acceptors (Lipinski definition) is 5. The second-order valence-electron chi connectivity index (χ2n) is 6.86. The maximum Gasteiger partial charge on any atom is 0.326 e. The maximum atomic E-state index is 12.9. The summed E-state index contributed by atoms with van der Waals surface area (Å²) in [6.45, 7) is 0. The maximum absolute atomic E-state index is 12.9. The minimum atomic E-state index is -3.79. The van der Waals surface area contributed by atoms with E-state index in [1.54, 1.807) is 0 Å². The van der Waals surface area contributed by atoms with E-state index >= 15 is 0 Å². The Morgan fingerprint density at radius 1 is 1.28 bits per heavy atom. The van der Waals surface area contributed by atoms with E-state index in [0.717, 1.165) is 36.3 Å². The average Bonchev–Trinajstić information content (AvgIpc) is 3.19. The van der Waals surface area contributed by atoms with E-state index in [9.17, 15) is 23.1 Å².